The molecule has 0 bridgehead atoms. The summed E-state index contributed by atoms with van der Waals surface area (Å²) in [6.07, 6.45) is 2.89. The van der Waals surface area contributed by atoms with E-state index in [9.17, 15) is 4.79 Å². The molecule has 0 aromatic heterocycles. The van der Waals surface area contributed by atoms with Gasteiger partial charge in [-0.25, -0.2) is 0 Å². The van der Waals surface area contributed by atoms with Gasteiger partial charge in [0.2, 0.25) is 0 Å². The van der Waals surface area contributed by atoms with Gasteiger partial charge in [-0.3, -0.25) is 4.79 Å². The van der Waals surface area contributed by atoms with Gasteiger partial charge < -0.3 is 15.1 Å². The summed E-state index contributed by atoms with van der Waals surface area (Å²) in [5.74, 6) is 0.00614. The monoisotopic (exact) mass is 487 g/mol. The van der Waals surface area contributed by atoms with Crippen LogP contribution in [0.4, 0.5) is 5.69 Å². The molecule has 1 N–H and O–H groups in total. The number of nitrogens with zero attached hydrogens (tertiary/aromatic N) is 2. The number of hydrogen-bond acceptors (Lipinski definition) is 3. The molecule has 4 nitrogen and oxygen atoms in total. The first-order valence-corrected chi connectivity index (χ1v) is 13.0. The summed E-state index contributed by atoms with van der Waals surface area (Å²) in [6, 6.07) is 18.5. The first-order chi connectivity index (χ1) is 16.9. The number of carbonyl (C=O) groups excluding carboxylic acids is 1. The fraction of sp³-hybridized carbons (Fsp3) is 0.367. The number of anilines is 1. The Bertz CT molecular complexity index is 1230. The molecule has 2 aliphatic rings. The Morgan fingerprint density at radius 1 is 0.914 bits per heavy atom. The van der Waals surface area contributed by atoms with Crippen molar-refractivity contribution in [1.82, 2.24) is 10.2 Å². The van der Waals surface area contributed by atoms with Crippen molar-refractivity contribution in [2.45, 2.75) is 39.2 Å². The second-order valence-electron chi connectivity index (χ2n) is 10.1. The van der Waals surface area contributed by atoms with Crippen LogP contribution in [0.2, 0.25) is 5.02 Å². The zero-order chi connectivity index (χ0) is 24.5. The maximum absolute atomic E-state index is 13.1. The van der Waals surface area contributed by atoms with E-state index in [-0.39, 0.29) is 11.9 Å². The van der Waals surface area contributed by atoms with E-state index >= 15 is 0 Å². The van der Waals surface area contributed by atoms with Gasteiger partial charge in [-0.1, -0.05) is 35.9 Å². The van der Waals surface area contributed by atoms with Gasteiger partial charge in [0.25, 0.3) is 5.91 Å². The molecule has 5 heteroatoms. The number of amides is 1. The van der Waals surface area contributed by atoms with Crippen LogP contribution in [0.1, 0.15) is 39.0 Å². The molecule has 182 valence electrons. The van der Waals surface area contributed by atoms with Crippen molar-refractivity contribution in [3.8, 4) is 11.1 Å². The van der Waals surface area contributed by atoms with Gasteiger partial charge in [-0.05, 0) is 104 Å². The Kier molecular flexibility index (Phi) is 6.86. The smallest absolute Gasteiger partial charge is 0.251 e. The fourth-order valence-corrected chi connectivity index (χ4v) is 5.75. The maximum atomic E-state index is 13.1. The highest BCUT2D eigenvalue weighted by Crippen LogP contribution is 2.34. The van der Waals surface area contributed by atoms with Gasteiger partial charge in [0.1, 0.15) is 0 Å². The van der Waals surface area contributed by atoms with Crippen LogP contribution >= 0.6 is 11.6 Å². The number of carbonyl (C=O) groups is 1. The highest BCUT2D eigenvalue weighted by Gasteiger charge is 2.27. The number of aryl methyl sites for hydroxylation is 2. The Morgan fingerprint density at radius 3 is 2.37 bits per heavy atom. The van der Waals surface area contributed by atoms with E-state index < -0.39 is 0 Å². The van der Waals surface area contributed by atoms with E-state index in [0.717, 1.165) is 67.2 Å². The number of halogens is 1. The van der Waals surface area contributed by atoms with Crippen molar-refractivity contribution >= 4 is 23.2 Å². The van der Waals surface area contributed by atoms with Crippen LogP contribution in [0.15, 0.2) is 54.6 Å². The molecule has 3 aromatic rings. The van der Waals surface area contributed by atoms with Crippen LogP contribution in [-0.4, -0.2) is 50.1 Å². The molecule has 0 radical (unpaired) electrons. The van der Waals surface area contributed by atoms with Gasteiger partial charge in [0.05, 0.1) is 0 Å². The molecule has 0 unspecified atom stereocenters. The molecule has 1 aliphatic heterocycles. The summed E-state index contributed by atoms with van der Waals surface area (Å²) >= 11 is 6.11. The number of benzene rings is 3. The van der Waals surface area contributed by atoms with Gasteiger partial charge in [0, 0.05) is 48.5 Å². The number of rotatable bonds is 4. The predicted octanol–water partition coefficient (Wildman–Crippen LogP) is 5.66. The van der Waals surface area contributed by atoms with E-state index in [4.69, 9.17) is 11.6 Å². The number of hydrogen-bond donors (Lipinski definition) is 1. The molecule has 1 amide bonds. The van der Waals surface area contributed by atoms with E-state index in [1.165, 1.54) is 22.4 Å². The van der Waals surface area contributed by atoms with Crippen molar-refractivity contribution in [2.24, 2.45) is 0 Å². The SMILES string of the molecule is Cc1cc(Cl)ccc1-c1ccc(C(=O)N[C@H]2CCc3c(C)ccc(N4CCN(C)CC4)c3C2)cc1. The summed E-state index contributed by atoms with van der Waals surface area (Å²) in [6.45, 7) is 8.57. The largest absolute Gasteiger partial charge is 0.369 e. The first-order valence-electron chi connectivity index (χ1n) is 12.6. The molecule has 1 atom stereocenters. The molecular weight excluding hydrogens is 454 g/mol. The molecule has 1 aliphatic carbocycles. The minimum atomic E-state index is 0.00614. The predicted molar refractivity (Wildman–Crippen MR) is 146 cm³/mol. The number of nitrogens with one attached hydrogen (secondary N) is 1. The third-order valence-corrected chi connectivity index (χ3v) is 7.89. The van der Waals surface area contributed by atoms with Gasteiger partial charge in [-0.2, -0.15) is 0 Å². The molecule has 1 saturated heterocycles. The highest BCUT2D eigenvalue weighted by atomic mass is 35.5. The molecule has 0 saturated carbocycles. The van der Waals surface area contributed by atoms with Crippen LogP contribution in [0.3, 0.4) is 0 Å². The Morgan fingerprint density at radius 2 is 1.66 bits per heavy atom. The van der Waals surface area contributed by atoms with Gasteiger partial charge in [-0.15, -0.1) is 0 Å². The third-order valence-electron chi connectivity index (χ3n) is 7.66. The van der Waals surface area contributed by atoms with E-state index in [2.05, 4.69) is 48.1 Å². The third kappa shape index (κ3) is 5.10. The Balaban J connectivity index is 1.30. The van der Waals surface area contributed by atoms with Crippen LogP contribution in [0, 0.1) is 13.8 Å². The zero-order valence-corrected chi connectivity index (χ0v) is 21.7. The second-order valence-corrected chi connectivity index (χ2v) is 10.5. The van der Waals surface area contributed by atoms with Crippen LogP contribution in [-0.2, 0) is 12.8 Å². The fourth-order valence-electron chi connectivity index (χ4n) is 5.53. The van der Waals surface area contributed by atoms with Crippen LogP contribution in [0.5, 0.6) is 0 Å². The molecular formula is C30H34ClN3O. The van der Waals surface area contributed by atoms with E-state index in [0.29, 0.717) is 5.56 Å². The Labute approximate surface area is 213 Å². The zero-order valence-electron chi connectivity index (χ0n) is 20.9. The average Bonchev–Trinajstić information content (AvgIpc) is 2.85. The molecule has 0 spiro atoms. The van der Waals surface area contributed by atoms with Crippen molar-refractivity contribution in [1.29, 1.82) is 0 Å². The lowest BCUT2D eigenvalue weighted by Gasteiger charge is -2.37. The molecule has 35 heavy (non-hydrogen) atoms. The van der Waals surface area contributed by atoms with E-state index in [1.54, 1.807) is 0 Å². The van der Waals surface area contributed by atoms with E-state index in [1.807, 2.05) is 42.5 Å². The lowest BCUT2D eigenvalue weighted by molar-refractivity contribution is 0.0933. The maximum Gasteiger partial charge on any atom is 0.251 e. The lowest BCUT2D eigenvalue weighted by atomic mass is 9.84. The topological polar surface area (TPSA) is 35.6 Å². The average molecular weight is 488 g/mol. The molecule has 1 fully saturated rings. The normalized spacial score (nSPS) is 18.3. The minimum Gasteiger partial charge on any atom is -0.369 e. The van der Waals surface area contributed by atoms with Crippen LogP contribution < -0.4 is 10.2 Å². The van der Waals surface area contributed by atoms with Crippen molar-refractivity contribution < 1.29 is 4.79 Å². The quantitative estimate of drug-likeness (QED) is 0.515. The summed E-state index contributed by atoms with van der Waals surface area (Å²) in [5.41, 5.74) is 9.70. The van der Waals surface area contributed by atoms with Crippen molar-refractivity contribution in [3.63, 3.8) is 0 Å². The Hall–Kier alpha value is -2.82. The van der Waals surface area contributed by atoms with Crippen molar-refractivity contribution in [2.75, 3.05) is 38.1 Å². The summed E-state index contributed by atoms with van der Waals surface area (Å²) in [5, 5.41) is 4.07. The molecule has 5 rings (SSSR count). The minimum absolute atomic E-state index is 0.00614. The first kappa shape index (κ1) is 23.9. The van der Waals surface area contributed by atoms with Gasteiger partial charge >= 0.3 is 0 Å². The number of piperazine rings is 1. The standard InChI is InChI=1S/C30H34ClN3O/c1-20-4-13-29(34-16-14-33(3)15-17-34)28-19-25(10-12-27(20)28)32-30(35)23-7-5-22(6-8-23)26-11-9-24(31)18-21(26)2/h4-9,11,13,18,25H,10,12,14-17,19H2,1-3H3,(H,32,35)/t25-/m0/s1. The van der Waals surface area contributed by atoms with Gasteiger partial charge in [0.15, 0.2) is 0 Å². The van der Waals surface area contributed by atoms with Crippen LogP contribution in [0.25, 0.3) is 11.1 Å². The van der Waals surface area contributed by atoms with Crippen molar-refractivity contribution in [3.05, 3.63) is 87.4 Å². The highest BCUT2D eigenvalue weighted by molar-refractivity contribution is 6.30. The molecule has 1 heterocycles. The lowest BCUT2D eigenvalue weighted by Crippen LogP contribution is -2.45. The summed E-state index contributed by atoms with van der Waals surface area (Å²) < 4.78 is 0. The molecule has 3 aromatic carbocycles. The summed E-state index contributed by atoms with van der Waals surface area (Å²) in [4.78, 5) is 18.0. The summed E-state index contributed by atoms with van der Waals surface area (Å²) in [7, 11) is 2.19. The number of likely N-dealkylation sites (N-methyl/N-ethyl adjacent to an activating group) is 1. The second kappa shape index (κ2) is 10.0. The number of fused-ring (bicyclic) bond motifs is 1.